The molecule has 1 rings (SSSR count). The molecule has 0 fully saturated rings. The van der Waals surface area contributed by atoms with Gasteiger partial charge in [-0.05, 0) is 37.1 Å². The van der Waals surface area contributed by atoms with Gasteiger partial charge in [-0.1, -0.05) is 29.3 Å². The van der Waals surface area contributed by atoms with E-state index in [0.29, 0.717) is 11.1 Å². The Bertz CT molecular complexity index is 466. The number of hydrogen-bond donors (Lipinski definition) is 0. The summed E-state index contributed by atoms with van der Waals surface area (Å²) in [5, 5.41) is 0. The molecule has 0 aromatic heterocycles. The first-order chi connectivity index (χ1) is 7.97. The SMILES string of the molecule is CCOC(=O)C(=C(Cl)Cl)c1ccc(F)c(C)c1. The van der Waals surface area contributed by atoms with Gasteiger partial charge in [0.15, 0.2) is 0 Å². The molecule has 0 N–H and O–H groups in total. The molecule has 0 bridgehead atoms. The summed E-state index contributed by atoms with van der Waals surface area (Å²) in [5.41, 5.74) is 0.875. The van der Waals surface area contributed by atoms with Crippen molar-refractivity contribution in [2.75, 3.05) is 6.61 Å². The van der Waals surface area contributed by atoms with E-state index in [0.717, 1.165) is 0 Å². The molecule has 0 saturated heterocycles. The smallest absolute Gasteiger partial charge is 0.341 e. The molecule has 0 saturated carbocycles. The fourth-order valence-electron chi connectivity index (χ4n) is 1.31. The first kappa shape index (κ1) is 14.0. The molecule has 0 heterocycles. The molecule has 0 unspecified atom stereocenters. The Morgan fingerprint density at radius 3 is 2.53 bits per heavy atom. The minimum absolute atomic E-state index is 0.0401. The second-order valence-corrected chi connectivity index (χ2v) is 4.27. The molecule has 0 amide bonds. The average molecular weight is 277 g/mol. The van der Waals surface area contributed by atoms with Crippen molar-refractivity contribution in [2.24, 2.45) is 0 Å². The maximum absolute atomic E-state index is 13.1. The molecule has 0 spiro atoms. The first-order valence-electron chi connectivity index (χ1n) is 4.96. The number of halogens is 3. The molecule has 0 aliphatic rings. The van der Waals surface area contributed by atoms with Gasteiger partial charge < -0.3 is 4.74 Å². The predicted octanol–water partition coefficient (Wildman–Crippen LogP) is 3.84. The molecule has 1 aromatic rings. The van der Waals surface area contributed by atoms with Crippen molar-refractivity contribution in [2.45, 2.75) is 13.8 Å². The first-order valence-corrected chi connectivity index (χ1v) is 5.71. The lowest BCUT2D eigenvalue weighted by atomic mass is 10.0. The number of aryl methyl sites for hydroxylation is 1. The average Bonchev–Trinajstić information content (AvgIpc) is 2.23. The molecule has 1 aromatic carbocycles. The number of rotatable bonds is 3. The van der Waals surface area contributed by atoms with Crippen LogP contribution in [0.25, 0.3) is 5.57 Å². The maximum atomic E-state index is 13.1. The lowest BCUT2D eigenvalue weighted by Gasteiger charge is -2.08. The van der Waals surface area contributed by atoms with Crippen LogP contribution in [0.2, 0.25) is 0 Å². The number of benzene rings is 1. The van der Waals surface area contributed by atoms with Crippen LogP contribution in [0.5, 0.6) is 0 Å². The fourth-order valence-corrected chi connectivity index (χ4v) is 1.68. The second-order valence-electron chi connectivity index (χ2n) is 3.32. The van der Waals surface area contributed by atoms with Gasteiger partial charge in [-0.15, -0.1) is 0 Å². The number of esters is 1. The second kappa shape index (κ2) is 6.03. The van der Waals surface area contributed by atoms with Crippen molar-refractivity contribution in [3.63, 3.8) is 0 Å². The minimum Gasteiger partial charge on any atom is -0.462 e. The highest BCUT2D eigenvalue weighted by Crippen LogP contribution is 2.27. The van der Waals surface area contributed by atoms with Crippen LogP contribution < -0.4 is 0 Å². The Kier molecular flexibility index (Phi) is 4.97. The van der Waals surface area contributed by atoms with E-state index in [2.05, 4.69) is 0 Å². The molecule has 0 aliphatic carbocycles. The molecule has 0 aliphatic heterocycles. The third kappa shape index (κ3) is 3.45. The quantitative estimate of drug-likeness (QED) is 0.619. The number of carbonyl (C=O) groups is 1. The van der Waals surface area contributed by atoms with Crippen LogP contribution in [0.15, 0.2) is 22.7 Å². The zero-order valence-corrected chi connectivity index (χ0v) is 10.9. The highest BCUT2D eigenvalue weighted by Gasteiger charge is 2.17. The topological polar surface area (TPSA) is 26.3 Å². The zero-order valence-electron chi connectivity index (χ0n) is 9.39. The standard InChI is InChI=1S/C12H11Cl2FO2/c1-3-17-12(16)10(11(13)14)8-4-5-9(15)7(2)6-8/h4-6H,3H2,1-2H3. The third-order valence-corrected chi connectivity index (χ3v) is 2.49. The Balaban J connectivity index is 3.21. The van der Waals surface area contributed by atoms with Crippen LogP contribution in [0.4, 0.5) is 4.39 Å². The van der Waals surface area contributed by atoms with Crippen LogP contribution in [0.1, 0.15) is 18.1 Å². The molecule has 5 heteroatoms. The minimum atomic E-state index is -0.626. The summed E-state index contributed by atoms with van der Waals surface area (Å²) in [6, 6.07) is 4.17. The van der Waals surface area contributed by atoms with Gasteiger partial charge in [0.25, 0.3) is 0 Å². The fraction of sp³-hybridized carbons (Fsp3) is 0.250. The summed E-state index contributed by atoms with van der Waals surface area (Å²) in [4.78, 5) is 11.6. The van der Waals surface area contributed by atoms with E-state index in [1.54, 1.807) is 13.8 Å². The molecular formula is C12H11Cl2FO2. The summed E-state index contributed by atoms with van der Waals surface area (Å²) in [6.45, 7) is 3.47. The monoisotopic (exact) mass is 276 g/mol. The van der Waals surface area contributed by atoms with Gasteiger partial charge in [0, 0.05) is 0 Å². The number of carbonyl (C=O) groups excluding carboxylic acids is 1. The Hall–Kier alpha value is -1.06. The van der Waals surface area contributed by atoms with Gasteiger partial charge >= 0.3 is 5.97 Å². The van der Waals surface area contributed by atoms with Crippen LogP contribution in [0.3, 0.4) is 0 Å². The van der Waals surface area contributed by atoms with Gasteiger partial charge in [0.1, 0.15) is 10.3 Å². The highest BCUT2D eigenvalue weighted by molar-refractivity contribution is 6.61. The van der Waals surface area contributed by atoms with Crippen molar-refractivity contribution < 1.29 is 13.9 Å². The number of hydrogen-bond acceptors (Lipinski definition) is 2. The Morgan fingerprint density at radius 1 is 1.41 bits per heavy atom. The summed E-state index contributed by atoms with van der Waals surface area (Å²) in [6.07, 6.45) is 0. The van der Waals surface area contributed by atoms with E-state index in [9.17, 15) is 9.18 Å². The van der Waals surface area contributed by atoms with E-state index >= 15 is 0 Å². The molecular weight excluding hydrogens is 266 g/mol. The molecule has 0 atom stereocenters. The van der Waals surface area contributed by atoms with Crippen molar-refractivity contribution in [1.82, 2.24) is 0 Å². The molecule has 0 radical (unpaired) electrons. The van der Waals surface area contributed by atoms with Crippen molar-refractivity contribution >= 4 is 34.7 Å². The maximum Gasteiger partial charge on any atom is 0.341 e. The number of ether oxygens (including phenoxy) is 1. The van der Waals surface area contributed by atoms with Gasteiger partial charge in [0.2, 0.25) is 0 Å². The van der Waals surface area contributed by atoms with Gasteiger partial charge in [0.05, 0.1) is 12.2 Å². The van der Waals surface area contributed by atoms with E-state index in [1.165, 1.54) is 18.2 Å². The normalized spacial score (nSPS) is 9.94. The van der Waals surface area contributed by atoms with E-state index in [4.69, 9.17) is 27.9 Å². The Morgan fingerprint density at radius 2 is 2.06 bits per heavy atom. The summed E-state index contributed by atoms with van der Waals surface area (Å²) < 4.78 is 17.7. The highest BCUT2D eigenvalue weighted by atomic mass is 35.5. The van der Waals surface area contributed by atoms with Crippen LogP contribution in [-0.2, 0) is 9.53 Å². The summed E-state index contributed by atoms with van der Waals surface area (Å²) in [5.74, 6) is -0.985. The third-order valence-electron chi connectivity index (χ3n) is 2.12. The van der Waals surface area contributed by atoms with Crippen LogP contribution in [0, 0.1) is 12.7 Å². The van der Waals surface area contributed by atoms with Crippen LogP contribution in [-0.4, -0.2) is 12.6 Å². The zero-order chi connectivity index (χ0) is 13.0. The molecule has 92 valence electrons. The molecule has 2 nitrogen and oxygen atoms in total. The van der Waals surface area contributed by atoms with E-state index in [-0.39, 0.29) is 22.5 Å². The van der Waals surface area contributed by atoms with Crippen molar-refractivity contribution in [3.8, 4) is 0 Å². The van der Waals surface area contributed by atoms with Crippen LogP contribution >= 0.6 is 23.2 Å². The van der Waals surface area contributed by atoms with E-state index < -0.39 is 5.97 Å². The van der Waals surface area contributed by atoms with Gasteiger partial charge in [-0.25, -0.2) is 9.18 Å². The van der Waals surface area contributed by atoms with E-state index in [1.807, 2.05) is 0 Å². The molecule has 17 heavy (non-hydrogen) atoms. The Labute approximate surface area is 109 Å². The van der Waals surface area contributed by atoms with Crippen molar-refractivity contribution in [3.05, 3.63) is 39.6 Å². The van der Waals surface area contributed by atoms with Gasteiger partial charge in [-0.2, -0.15) is 0 Å². The van der Waals surface area contributed by atoms with Crippen molar-refractivity contribution in [1.29, 1.82) is 0 Å². The van der Waals surface area contributed by atoms with Gasteiger partial charge in [-0.3, -0.25) is 0 Å². The predicted molar refractivity (Wildman–Crippen MR) is 66.4 cm³/mol. The summed E-state index contributed by atoms with van der Waals surface area (Å²) in [7, 11) is 0. The largest absolute Gasteiger partial charge is 0.462 e. The summed E-state index contributed by atoms with van der Waals surface area (Å²) >= 11 is 11.3. The lowest BCUT2D eigenvalue weighted by molar-refractivity contribution is -0.136. The lowest BCUT2D eigenvalue weighted by Crippen LogP contribution is -2.07.